The summed E-state index contributed by atoms with van der Waals surface area (Å²) in [5.41, 5.74) is 0.374. The molecule has 0 saturated carbocycles. The molecule has 0 amide bonds. The van der Waals surface area contributed by atoms with Crippen LogP contribution in [0.2, 0.25) is 0 Å². The van der Waals surface area contributed by atoms with Crippen LogP contribution in [0.4, 0.5) is 0 Å². The Hall–Kier alpha value is -0.845. The lowest BCUT2D eigenvalue weighted by molar-refractivity contribution is 0.00578. The van der Waals surface area contributed by atoms with E-state index in [-0.39, 0.29) is 18.3 Å². The van der Waals surface area contributed by atoms with Gasteiger partial charge >= 0.3 is 7.12 Å². The molecule has 0 bridgehead atoms. The molecule has 2 aliphatic rings. The Morgan fingerprint density at radius 2 is 2.00 bits per heavy atom. The molecule has 0 N–H and O–H groups in total. The summed E-state index contributed by atoms with van der Waals surface area (Å²) in [6.45, 7) is 10.9. The average molecular weight is 292 g/mol. The third kappa shape index (κ3) is 3.03. The Bertz CT molecular complexity index is 479. The summed E-state index contributed by atoms with van der Waals surface area (Å²) in [5, 5.41) is 4.45. The molecule has 3 rings (SSSR count). The van der Waals surface area contributed by atoms with Crippen molar-refractivity contribution in [2.75, 3.05) is 13.2 Å². The van der Waals surface area contributed by atoms with Crippen LogP contribution < -0.4 is 5.46 Å². The summed E-state index contributed by atoms with van der Waals surface area (Å²) < 4.78 is 19.6. The van der Waals surface area contributed by atoms with E-state index in [1.165, 1.54) is 6.42 Å². The van der Waals surface area contributed by atoms with Gasteiger partial charge in [0, 0.05) is 36.9 Å². The maximum absolute atomic E-state index is 6.05. The number of rotatable bonds is 3. The van der Waals surface area contributed by atoms with Crippen molar-refractivity contribution in [1.82, 2.24) is 9.78 Å². The third-order valence-corrected chi connectivity index (χ3v) is 4.88. The Balaban J connectivity index is 1.65. The molecule has 0 unspecified atom stereocenters. The van der Waals surface area contributed by atoms with Crippen LogP contribution in [-0.4, -0.2) is 41.3 Å². The molecule has 2 fully saturated rings. The van der Waals surface area contributed by atoms with Crippen molar-refractivity contribution in [3.63, 3.8) is 0 Å². The topological polar surface area (TPSA) is 45.5 Å². The highest BCUT2D eigenvalue weighted by molar-refractivity contribution is 6.61. The third-order valence-electron chi connectivity index (χ3n) is 4.88. The second kappa shape index (κ2) is 5.41. The fraction of sp³-hybridized carbons (Fsp3) is 0.800. The van der Waals surface area contributed by atoms with E-state index in [1.54, 1.807) is 0 Å². The maximum atomic E-state index is 6.05. The molecule has 0 spiro atoms. The normalized spacial score (nSPS) is 28.0. The van der Waals surface area contributed by atoms with Crippen molar-refractivity contribution in [1.29, 1.82) is 0 Å². The van der Waals surface area contributed by atoms with E-state index in [0.717, 1.165) is 31.6 Å². The Morgan fingerprint density at radius 3 is 2.62 bits per heavy atom. The summed E-state index contributed by atoms with van der Waals surface area (Å²) in [7, 11) is -0.327. The first-order valence-corrected chi connectivity index (χ1v) is 7.83. The Kier molecular flexibility index (Phi) is 3.88. The highest BCUT2D eigenvalue weighted by Gasteiger charge is 2.52. The van der Waals surface area contributed by atoms with Crippen molar-refractivity contribution < 1.29 is 14.0 Å². The predicted octanol–water partition coefficient (Wildman–Crippen LogP) is 1.61. The van der Waals surface area contributed by atoms with Gasteiger partial charge in [0.05, 0.1) is 17.8 Å². The van der Waals surface area contributed by atoms with Gasteiger partial charge in [-0.05, 0) is 40.5 Å². The molecule has 0 radical (unpaired) electrons. The zero-order chi connectivity index (χ0) is 15.1. The summed E-state index contributed by atoms with van der Waals surface area (Å²) in [6, 6.07) is 0. The maximum Gasteiger partial charge on any atom is 0.498 e. The lowest BCUT2D eigenvalue weighted by atomic mass is 9.82. The molecule has 1 aromatic heterocycles. The SMILES string of the molecule is CC1(C)OB(c2cnn(C[C@@H]3CCCOC3)c2)OC1(C)C. The van der Waals surface area contributed by atoms with E-state index in [0.29, 0.717) is 5.92 Å². The highest BCUT2D eigenvalue weighted by atomic mass is 16.7. The monoisotopic (exact) mass is 292 g/mol. The molecule has 0 aliphatic carbocycles. The van der Waals surface area contributed by atoms with Gasteiger partial charge in [0.2, 0.25) is 0 Å². The van der Waals surface area contributed by atoms with Gasteiger partial charge in [-0.2, -0.15) is 5.10 Å². The summed E-state index contributed by atoms with van der Waals surface area (Å²) in [4.78, 5) is 0. The highest BCUT2D eigenvalue weighted by Crippen LogP contribution is 2.36. The summed E-state index contributed by atoms with van der Waals surface area (Å²) in [6.07, 6.45) is 6.25. The van der Waals surface area contributed by atoms with Crippen molar-refractivity contribution in [3.8, 4) is 0 Å². The lowest BCUT2D eigenvalue weighted by Crippen LogP contribution is -2.41. The van der Waals surface area contributed by atoms with Gasteiger partial charge in [-0.25, -0.2) is 0 Å². The van der Waals surface area contributed by atoms with Crippen LogP contribution in [0, 0.1) is 5.92 Å². The first-order chi connectivity index (χ1) is 9.87. The largest absolute Gasteiger partial charge is 0.498 e. The quantitative estimate of drug-likeness (QED) is 0.794. The van der Waals surface area contributed by atoms with Gasteiger partial charge in [-0.3, -0.25) is 4.68 Å². The Labute approximate surface area is 127 Å². The standard InChI is InChI=1S/C15H25BN2O3/c1-14(2)15(3,4)21-16(20-14)13-8-17-18(10-13)9-12-6-5-7-19-11-12/h8,10,12H,5-7,9,11H2,1-4H3/t12-/m0/s1. The van der Waals surface area contributed by atoms with E-state index >= 15 is 0 Å². The Morgan fingerprint density at radius 1 is 1.29 bits per heavy atom. The molecule has 2 saturated heterocycles. The molecule has 0 aromatic carbocycles. The van der Waals surface area contributed by atoms with Gasteiger partial charge in [0.15, 0.2) is 0 Å². The van der Waals surface area contributed by atoms with E-state index in [9.17, 15) is 0 Å². The molecule has 3 heterocycles. The van der Waals surface area contributed by atoms with Gasteiger partial charge in [0.1, 0.15) is 0 Å². The number of aromatic nitrogens is 2. The second-order valence-electron chi connectivity index (χ2n) is 7.17. The first kappa shape index (κ1) is 15.1. The second-order valence-corrected chi connectivity index (χ2v) is 7.17. The van der Waals surface area contributed by atoms with Crippen molar-refractivity contribution in [3.05, 3.63) is 12.4 Å². The molecule has 116 valence electrons. The van der Waals surface area contributed by atoms with Crippen molar-refractivity contribution in [2.45, 2.75) is 58.3 Å². The fourth-order valence-electron chi connectivity index (χ4n) is 2.80. The first-order valence-electron chi connectivity index (χ1n) is 7.83. The van der Waals surface area contributed by atoms with Crippen LogP contribution >= 0.6 is 0 Å². The van der Waals surface area contributed by atoms with E-state index in [4.69, 9.17) is 14.0 Å². The van der Waals surface area contributed by atoms with Crippen LogP contribution in [0.1, 0.15) is 40.5 Å². The van der Waals surface area contributed by atoms with Crippen LogP contribution in [0.3, 0.4) is 0 Å². The summed E-state index contributed by atoms with van der Waals surface area (Å²) in [5.74, 6) is 0.560. The average Bonchev–Trinajstić information content (AvgIpc) is 2.94. The lowest BCUT2D eigenvalue weighted by Gasteiger charge is -2.32. The minimum Gasteiger partial charge on any atom is -0.399 e. The molecule has 1 atom stereocenters. The number of hydrogen-bond donors (Lipinski definition) is 0. The smallest absolute Gasteiger partial charge is 0.399 e. The number of nitrogens with zero attached hydrogens (tertiary/aromatic N) is 2. The molecule has 1 aromatic rings. The molecule has 21 heavy (non-hydrogen) atoms. The predicted molar refractivity (Wildman–Crippen MR) is 81.5 cm³/mol. The van der Waals surface area contributed by atoms with Crippen LogP contribution in [0.25, 0.3) is 0 Å². The zero-order valence-electron chi connectivity index (χ0n) is 13.5. The molecule has 5 nitrogen and oxygen atoms in total. The van der Waals surface area contributed by atoms with E-state index in [1.807, 2.05) is 17.1 Å². The van der Waals surface area contributed by atoms with E-state index in [2.05, 4.69) is 32.8 Å². The zero-order valence-corrected chi connectivity index (χ0v) is 13.5. The van der Waals surface area contributed by atoms with E-state index < -0.39 is 0 Å². The molecular weight excluding hydrogens is 267 g/mol. The van der Waals surface area contributed by atoms with Crippen molar-refractivity contribution >= 4 is 12.6 Å². The van der Waals surface area contributed by atoms with Gasteiger partial charge in [-0.1, -0.05) is 0 Å². The minimum absolute atomic E-state index is 0.309. The van der Waals surface area contributed by atoms with Crippen LogP contribution in [0.5, 0.6) is 0 Å². The van der Waals surface area contributed by atoms with Crippen molar-refractivity contribution in [2.24, 2.45) is 5.92 Å². The van der Waals surface area contributed by atoms with Gasteiger partial charge < -0.3 is 14.0 Å². The molecular formula is C15H25BN2O3. The van der Waals surface area contributed by atoms with Crippen LogP contribution in [0.15, 0.2) is 12.4 Å². The number of ether oxygens (including phenoxy) is 1. The van der Waals surface area contributed by atoms with Crippen LogP contribution in [-0.2, 0) is 20.6 Å². The minimum atomic E-state index is -0.327. The fourth-order valence-corrected chi connectivity index (χ4v) is 2.80. The number of hydrogen-bond acceptors (Lipinski definition) is 4. The van der Waals surface area contributed by atoms with Gasteiger partial charge in [-0.15, -0.1) is 0 Å². The molecule has 2 aliphatic heterocycles. The molecule has 6 heteroatoms. The van der Waals surface area contributed by atoms with Gasteiger partial charge in [0.25, 0.3) is 0 Å². The summed E-state index contributed by atoms with van der Waals surface area (Å²) >= 11 is 0.